The number of nitrogens with one attached hydrogen (secondary N) is 2. The van der Waals surface area contributed by atoms with Crippen LogP contribution in [-0.2, 0) is 6.54 Å². The Hall–Kier alpha value is -1.47. The first kappa shape index (κ1) is 14.0. The SMILES string of the molecule is CCCNc1nc(Cl)nc(NCc2ncc(C)s2)n1. The predicted molar refractivity (Wildman–Crippen MR) is 77.8 cm³/mol. The first-order valence-electron chi connectivity index (χ1n) is 5.98. The minimum Gasteiger partial charge on any atom is -0.354 e. The lowest BCUT2D eigenvalue weighted by atomic mass is 10.5. The van der Waals surface area contributed by atoms with Crippen molar-refractivity contribution in [3.05, 3.63) is 21.4 Å². The van der Waals surface area contributed by atoms with Crippen molar-refractivity contribution < 1.29 is 0 Å². The van der Waals surface area contributed by atoms with Crippen LogP contribution in [0.3, 0.4) is 0 Å². The van der Waals surface area contributed by atoms with Gasteiger partial charge in [-0.15, -0.1) is 11.3 Å². The molecule has 2 aromatic rings. The molecule has 0 aromatic carbocycles. The van der Waals surface area contributed by atoms with Gasteiger partial charge in [0.05, 0.1) is 6.54 Å². The summed E-state index contributed by atoms with van der Waals surface area (Å²) < 4.78 is 0. The maximum atomic E-state index is 5.86. The highest BCUT2D eigenvalue weighted by atomic mass is 35.5. The van der Waals surface area contributed by atoms with Gasteiger partial charge in [-0.05, 0) is 24.9 Å². The van der Waals surface area contributed by atoms with Gasteiger partial charge in [-0.2, -0.15) is 15.0 Å². The van der Waals surface area contributed by atoms with Crippen molar-refractivity contribution in [3.8, 4) is 0 Å². The summed E-state index contributed by atoms with van der Waals surface area (Å²) in [4.78, 5) is 17.7. The largest absolute Gasteiger partial charge is 0.354 e. The predicted octanol–water partition coefficient (Wildman–Crippen LogP) is 2.72. The lowest BCUT2D eigenvalue weighted by molar-refractivity contribution is 0.931. The van der Waals surface area contributed by atoms with Crippen LogP contribution >= 0.6 is 22.9 Å². The van der Waals surface area contributed by atoms with Crippen molar-refractivity contribution in [2.75, 3.05) is 17.2 Å². The molecule has 2 rings (SSSR count). The van der Waals surface area contributed by atoms with E-state index in [1.54, 1.807) is 11.3 Å². The molecule has 0 spiro atoms. The van der Waals surface area contributed by atoms with Crippen LogP contribution < -0.4 is 10.6 Å². The van der Waals surface area contributed by atoms with E-state index in [-0.39, 0.29) is 5.28 Å². The summed E-state index contributed by atoms with van der Waals surface area (Å²) in [6.07, 6.45) is 2.83. The Kier molecular flexibility index (Phi) is 4.86. The minimum absolute atomic E-state index is 0.173. The van der Waals surface area contributed by atoms with Crippen molar-refractivity contribution in [1.82, 2.24) is 19.9 Å². The molecule has 19 heavy (non-hydrogen) atoms. The van der Waals surface area contributed by atoms with Crippen LogP contribution in [0.2, 0.25) is 5.28 Å². The molecule has 0 aliphatic carbocycles. The third-order valence-electron chi connectivity index (χ3n) is 2.21. The van der Waals surface area contributed by atoms with Crippen LogP contribution in [0.4, 0.5) is 11.9 Å². The first-order valence-corrected chi connectivity index (χ1v) is 7.17. The van der Waals surface area contributed by atoms with Gasteiger partial charge in [-0.25, -0.2) is 4.98 Å². The van der Waals surface area contributed by atoms with Crippen molar-refractivity contribution in [2.45, 2.75) is 26.8 Å². The fourth-order valence-electron chi connectivity index (χ4n) is 1.38. The van der Waals surface area contributed by atoms with Crippen LogP contribution in [0.25, 0.3) is 0 Å². The Bertz CT molecular complexity index is 544. The number of thiazole rings is 1. The highest BCUT2D eigenvalue weighted by Crippen LogP contribution is 2.14. The second-order valence-corrected chi connectivity index (χ2v) is 5.55. The summed E-state index contributed by atoms with van der Waals surface area (Å²) in [6, 6.07) is 0. The van der Waals surface area contributed by atoms with Gasteiger partial charge < -0.3 is 10.6 Å². The second-order valence-electron chi connectivity index (χ2n) is 3.90. The molecule has 0 atom stereocenters. The molecule has 2 heterocycles. The number of rotatable bonds is 6. The average Bonchev–Trinajstić information content (AvgIpc) is 2.79. The molecular weight excluding hydrogens is 284 g/mol. The quantitative estimate of drug-likeness (QED) is 0.854. The molecule has 0 aliphatic heterocycles. The molecule has 0 bridgehead atoms. The molecule has 102 valence electrons. The maximum Gasteiger partial charge on any atom is 0.229 e. The number of anilines is 2. The van der Waals surface area contributed by atoms with E-state index in [4.69, 9.17) is 11.6 Å². The van der Waals surface area contributed by atoms with Gasteiger partial charge in [-0.1, -0.05) is 6.92 Å². The summed E-state index contributed by atoms with van der Waals surface area (Å²) >= 11 is 7.50. The fraction of sp³-hybridized carbons (Fsp3) is 0.455. The Morgan fingerprint density at radius 2 is 1.95 bits per heavy atom. The Morgan fingerprint density at radius 3 is 2.58 bits per heavy atom. The van der Waals surface area contributed by atoms with E-state index in [2.05, 4.69) is 37.5 Å². The van der Waals surface area contributed by atoms with E-state index in [1.807, 2.05) is 13.1 Å². The lowest BCUT2D eigenvalue weighted by Crippen LogP contribution is -2.09. The van der Waals surface area contributed by atoms with Crippen LogP contribution in [0.15, 0.2) is 6.20 Å². The first-order chi connectivity index (χ1) is 9.17. The van der Waals surface area contributed by atoms with Crippen molar-refractivity contribution in [2.24, 2.45) is 0 Å². The van der Waals surface area contributed by atoms with E-state index in [1.165, 1.54) is 4.88 Å². The summed E-state index contributed by atoms with van der Waals surface area (Å²) in [6.45, 7) is 5.46. The van der Waals surface area contributed by atoms with Crippen LogP contribution in [0.5, 0.6) is 0 Å². The number of hydrogen-bond donors (Lipinski definition) is 2. The van der Waals surface area contributed by atoms with E-state index < -0.39 is 0 Å². The molecule has 0 amide bonds. The summed E-state index contributed by atoms with van der Waals surface area (Å²) in [5.74, 6) is 0.936. The highest BCUT2D eigenvalue weighted by Gasteiger charge is 2.05. The third-order valence-corrected chi connectivity index (χ3v) is 3.29. The zero-order valence-electron chi connectivity index (χ0n) is 10.8. The van der Waals surface area contributed by atoms with Gasteiger partial charge in [0.15, 0.2) is 0 Å². The topological polar surface area (TPSA) is 75.6 Å². The van der Waals surface area contributed by atoms with Crippen LogP contribution in [0, 0.1) is 6.92 Å². The lowest BCUT2D eigenvalue weighted by Gasteiger charge is -2.06. The van der Waals surface area contributed by atoms with E-state index in [0.717, 1.165) is 18.0 Å². The van der Waals surface area contributed by atoms with E-state index in [9.17, 15) is 0 Å². The number of aromatic nitrogens is 4. The standard InChI is InChI=1S/C11H15ClN6S/c1-3-4-13-10-16-9(12)17-11(18-10)15-6-8-14-5-7(2)19-8/h5H,3-4,6H2,1-2H3,(H2,13,15,16,17,18). The molecule has 0 radical (unpaired) electrons. The number of hydrogen-bond acceptors (Lipinski definition) is 7. The molecule has 2 aromatic heterocycles. The molecule has 0 unspecified atom stereocenters. The van der Waals surface area contributed by atoms with Crippen molar-refractivity contribution in [1.29, 1.82) is 0 Å². The number of halogens is 1. The smallest absolute Gasteiger partial charge is 0.229 e. The monoisotopic (exact) mass is 298 g/mol. The molecule has 8 heteroatoms. The summed E-state index contributed by atoms with van der Waals surface area (Å²) in [5.41, 5.74) is 0. The van der Waals surface area contributed by atoms with Crippen molar-refractivity contribution in [3.63, 3.8) is 0 Å². The van der Waals surface area contributed by atoms with Gasteiger partial charge >= 0.3 is 0 Å². The van der Waals surface area contributed by atoms with Gasteiger partial charge in [0.1, 0.15) is 5.01 Å². The Morgan fingerprint density at radius 1 is 1.21 bits per heavy atom. The fourth-order valence-corrected chi connectivity index (χ4v) is 2.27. The van der Waals surface area contributed by atoms with E-state index in [0.29, 0.717) is 18.4 Å². The Labute approximate surface area is 120 Å². The molecule has 0 saturated heterocycles. The number of nitrogens with zero attached hydrogens (tertiary/aromatic N) is 4. The second kappa shape index (κ2) is 6.63. The molecule has 6 nitrogen and oxygen atoms in total. The molecule has 0 saturated carbocycles. The Balaban J connectivity index is 2.01. The zero-order valence-corrected chi connectivity index (χ0v) is 12.3. The summed E-state index contributed by atoms with van der Waals surface area (Å²) in [7, 11) is 0. The third kappa shape index (κ3) is 4.29. The van der Waals surface area contributed by atoms with Gasteiger partial charge in [0, 0.05) is 17.6 Å². The molecule has 0 fully saturated rings. The molecule has 2 N–H and O–H groups in total. The normalized spacial score (nSPS) is 10.5. The van der Waals surface area contributed by atoms with Gasteiger partial charge in [-0.3, -0.25) is 0 Å². The van der Waals surface area contributed by atoms with Gasteiger partial charge in [0.25, 0.3) is 0 Å². The maximum absolute atomic E-state index is 5.86. The molecule has 0 aliphatic rings. The highest BCUT2D eigenvalue weighted by molar-refractivity contribution is 7.11. The summed E-state index contributed by atoms with van der Waals surface area (Å²) in [5, 5.41) is 7.33. The minimum atomic E-state index is 0.173. The number of aryl methyl sites for hydroxylation is 1. The average molecular weight is 299 g/mol. The van der Waals surface area contributed by atoms with E-state index >= 15 is 0 Å². The van der Waals surface area contributed by atoms with Crippen molar-refractivity contribution >= 4 is 34.8 Å². The molecular formula is C11H15ClN6S. The van der Waals surface area contributed by atoms with Gasteiger partial charge in [0.2, 0.25) is 17.2 Å². The zero-order chi connectivity index (χ0) is 13.7. The van der Waals surface area contributed by atoms with Crippen LogP contribution in [0.1, 0.15) is 23.2 Å². The van der Waals surface area contributed by atoms with Crippen LogP contribution in [-0.4, -0.2) is 26.5 Å².